The van der Waals surface area contributed by atoms with Crippen molar-refractivity contribution in [1.82, 2.24) is 0 Å². The van der Waals surface area contributed by atoms with Crippen molar-refractivity contribution in [3.63, 3.8) is 0 Å². The molecule has 0 aliphatic heterocycles. The third kappa shape index (κ3) is 7.70. The van der Waals surface area contributed by atoms with Crippen molar-refractivity contribution in [1.29, 1.82) is 0 Å². The van der Waals surface area contributed by atoms with Gasteiger partial charge in [0.05, 0.1) is 5.92 Å². The average molecular weight is 559 g/mol. The van der Waals surface area contributed by atoms with Crippen molar-refractivity contribution >= 4 is 0 Å². The molecule has 0 saturated heterocycles. The lowest BCUT2D eigenvalue weighted by atomic mass is 9.68. The minimum Gasteiger partial charge on any atom is -0.432 e. The maximum Gasteiger partial charge on any atom is 0.573 e. The van der Waals surface area contributed by atoms with Gasteiger partial charge in [0.1, 0.15) is 11.6 Å². The maximum absolute atomic E-state index is 14.8. The molecular formula is C30H33F7O2. The zero-order valence-corrected chi connectivity index (χ0v) is 21.8. The molecule has 0 amide bonds. The number of alkyl halides is 5. The van der Waals surface area contributed by atoms with Crippen molar-refractivity contribution in [2.45, 2.75) is 83.1 Å². The van der Waals surface area contributed by atoms with Crippen LogP contribution < -0.4 is 9.47 Å². The van der Waals surface area contributed by atoms with Crippen LogP contribution in [0.4, 0.5) is 30.7 Å². The van der Waals surface area contributed by atoms with E-state index in [1.54, 1.807) is 6.07 Å². The molecule has 2 aliphatic rings. The van der Waals surface area contributed by atoms with Crippen LogP contribution in [0.25, 0.3) is 0 Å². The van der Waals surface area contributed by atoms with Crippen LogP contribution in [0.2, 0.25) is 0 Å². The predicted molar refractivity (Wildman–Crippen MR) is 134 cm³/mol. The first-order valence-electron chi connectivity index (χ1n) is 13.5. The summed E-state index contributed by atoms with van der Waals surface area (Å²) < 4.78 is 104. The molecule has 0 unspecified atom stereocenters. The van der Waals surface area contributed by atoms with Crippen molar-refractivity contribution in [3.05, 3.63) is 71.3 Å². The van der Waals surface area contributed by atoms with E-state index in [4.69, 9.17) is 4.74 Å². The highest BCUT2D eigenvalue weighted by molar-refractivity contribution is 5.33. The first-order valence-corrected chi connectivity index (χ1v) is 13.5. The van der Waals surface area contributed by atoms with Gasteiger partial charge in [-0.15, -0.1) is 13.2 Å². The summed E-state index contributed by atoms with van der Waals surface area (Å²) in [5.74, 6) is -3.47. The highest BCUT2D eigenvalue weighted by Crippen LogP contribution is 2.47. The van der Waals surface area contributed by atoms with E-state index in [1.807, 2.05) is 31.2 Å². The van der Waals surface area contributed by atoms with Gasteiger partial charge in [-0.1, -0.05) is 24.3 Å². The van der Waals surface area contributed by atoms with Crippen LogP contribution in [0.1, 0.15) is 75.3 Å². The summed E-state index contributed by atoms with van der Waals surface area (Å²) in [6.45, 7) is 1.93. The number of benzene rings is 2. The fourth-order valence-electron chi connectivity index (χ4n) is 6.10. The van der Waals surface area contributed by atoms with E-state index in [1.165, 1.54) is 0 Å². The number of hydrogen-bond acceptors (Lipinski definition) is 2. The van der Waals surface area contributed by atoms with Gasteiger partial charge in [0, 0.05) is 6.07 Å². The van der Waals surface area contributed by atoms with E-state index in [9.17, 15) is 30.7 Å². The predicted octanol–water partition coefficient (Wildman–Crippen LogP) is 9.73. The Morgan fingerprint density at radius 3 is 1.97 bits per heavy atom. The molecule has 9 heteroatoms. The third-order valence-electron chi connectivity index (χ3n) is 8.16. The smallest absolute Gasteiger partial charge is 0.432 e. The number of hydrogen-bond donors (Lipinski definition) is 0. The lowest BCUT2D eigenvalue weighted by Gasteiger charge is -2.39. The molecule has 2 aliphatic carbocycles. The highest BCUT2D eigenvalue weighted by atomic mass is 19.4. The molecule has 2 nitrogen and oxygen atoms in total. The first kappa shape index (κ1) is 29.3. The largest absolute Gasteiger partial charge is 0.573 e. The van der Waals surface area contributed by atoms with Gasteiger partial charge in [-0.3, -0.25) is 0 Å². The van der Waals surface area contributed by atoms with Crippen molar-refractivity contribution in [3.8, 4) is 11.5 Å². The lowest BCUT2D eigenvalue weighted by Crippen LogP contribution is -2.38. The zero-order valence-electron chi connectivity index (χ0n) is 21.8. The summed E-state index contributed by atoms with van der Waals surface area (Å²) in [6.07, 6.45) is 1.23. The van der Waals surface area contributed by atoms with Crippen LogP contribution in [-0.4, -0.2) is 12.5 Å². The van der Waals surface area contributed by atoms with Gasteiger partial charge in [0.25, 0.3) is 0 Å². The third-order valence-corrected chi connectivity index (χ3v) is 8.16. The molecular weight excluding hydrogens is 525 g/mol. The molecule has 2 fully saturated rings. The van der Waals surface area contributed by atoms with E-state index < -0.39 is 35.7 Å². The number of allylic oxidation sites excluding steroid dienone is 2. The molecule has 2 aromatic carbocycles. The standard InChI is InChI=1S/C30H33F7O2/c1-2-3-4-19-5-15-25(26(31)17-19)22-8-6-20(7-9-22)21-10-12-23(13-11-21)29(33,34)38-24-14-16-28(27(32)18-24)39-30(35,36)37/h2-3,5,14-18,20-23H,4,6-13H2,1H3/b3-2-. The molecule has 0 heterocycles. The minimum absolute atomic E-state index is 0.161. The Labute approximate surface area is 224 Å². The SMILES string of the molecule is C/C=C\Cc1ccc(C2CCC(C3CCC(C(F)(F)Oc4ccc(OC(F)(F)F)c(F)c4)CC3)CC2)c(F)c1. The van der Waals surface area contributed by atoms with Gasteiger partial charge >= 0.3 is 12.5 Å². The summed E-state index contributed by atoms with van der Waals surface area (Å²) in [6, 6.07) is 7.41. The zero-order chi connectivity index (χ0) is 28.2. The minimum atomic E-state index is -5.10. The van der Waals surface area contributed by atoms with Crippen LogP contribution in [0, 0.1) is 29.4 Å². The van der Waals surface area contributed by atoms with Crippen molar-refractivity contribution < 1.29 is 40.2 Å². The first-order chi connectivity index (χ1) is 18.4. The Morgan fingerprint density at radius 2 is 1.41 bits per heavy atom. The highest BCUT2D eigenvalue weighted by Gasteiger charge is 2.45. The fourth-order valence-corrected chi connectivity index (χ4v) is 6.10. The van der Waals surface area contributed by atoms with E-state index >= 15 is 0 Å². The van der Waals surface area contributed by atoms with E-state index in [0.29, 0.717) is 43.2 Å². The van der Waals surface area contributed by atoms with E-state index in [-0.39, 0.29) is 24.6 Å². The Hall–Kier alpha value is -2.71. The second-order valence-corrected chi connectivity index (χ2v) is 10.7. The monoisotopic (exact) mass is 558 g/mol. The summed E-state index contributed by atoms with van der Waals surface area (Å²) in [7, 11) is 0. The van der Waals surface area contributed by atoms with Gasteiger partial charge in [0.15, 0.2) is 11.6 Å². The van der Waals surface area contributed by atoms with Crippen LogP contribution in [0.15, 0.2) is 48.6 Å². The second kappa shape index (κ2) is 12.2. The van der Waals surface area contributed by atoms with E-state index in [2.05, 4.69) is 4.74 Å². The summed E-state index contributed by atoms with van der Waals surface area (Å²) in [4.78, 5) is 0. The number of ether oxygens (including phenoxy) is 2. The summed E-state index contributed by atoms with van der Waals surface area (Å²) >= 11 is 0. The van der Waals surface area contributed by atoms with Crippen molar-refractivity contribution in [2.75, 3.05) is 0 Å². The van der Waals surface area contributed by atoms with Crippen LogP contribution in [0.5, 0.6) is 11.5 Å². The number of rotatable bonds is 8. The molecule has 0 N–H and O–H groups in total. The molecule has 214 valence electrons. The van der Waals surface area contributed by atoms with Gasteiger partial charge in [-0.2, -0.15) is 8.78 Å². The Morgan fingerprint density at radius 1 is 0.769 bits per heavy atom. The van der Waals surface area contributed by atoms with Crippen molar-refractivity contribution in [2.24, 2.45) is 17.8 Å². The molecule has 0 spiro atoms. The molecule has 0 radical (unpaired) electrons. The molecule has 4 rings (SSSR count). The molecule has 0 aromatic heterocycles. The van der Waals surface area contributed by atoms with E-state index in [0.717, 1.165) is 42.9 Å². The van der Waals surface area contributed by atoms with Gasteiger partial charge < -0.3 is 9.47 Å². The maximum atomic E-state index is 14.8. The molecule has 2 aromatic rings. The lowest BCUT2D eigenvalue weighted by molar-refractivity contribution is -0.275. The van der Waals surface area contributed by atoms with Gasteiger partial charge in [-0.05, 0) is 112 Å². The van der Waals surface area contributed by atoms with Crippen LogP contribution >= 0.6 is 0 Å². The van der Waals surface area contributed by atoms with Crippen LogP contribution in [0.3, 0.4) is 0 Å². The molecule has 0 bridgehead atoms. The summed E-state index contributed by atoms with van der Waals surface area (Å²) in [5.41, 5.74) is 1.70. The average Bonchev–Trinajstić information content (AvgIpc) is 2.88. The Bertz CT molecular complexity index is 1130. The topological polar surface area (TPSA) is 18.5 Å². The Balaban J connectivity index is 1.27. The van der Waals surface area contributed by atoms with Gasteiger partial charge in [0.2, 0.25) is 0 Å². The fraction of sp³-hybridized carbons (Fsp3) is 0.533. The second-order valence-electron chi connectivity index (χ2n) is 10.7. The molecule has 2 saturated carbocycles. The summed E-state index contributed by atoms with van der Waals surface area (Å²) in [5, 5.41) is 0. The Kier molecular flexibility index (Phi) is 9.17. The van der Waals surface area contributed by atoms with Gasteiger partial charge in [-0.25, -0.2) is 8.78 Å². The van der Waals surface area contributed by atoms with Crippen LogP contribution in [-0.2, 0) is 6.42 Å². The molecule has 39 heavy (non-hydrogen) atoms. The molecule has 0 atom stereocenters. The quantitative estimate of drug-likeness (QED) is 0.237. The normalized spacial score (nSPS) is 24.6. The number of halogens is 7.